The maximum Gasteiger partial charge on any atom is 0.260 e. The Bertz CT molecular complexity index is 1260. The first kappa shape index (κ1) is 21.9. The average Bonchev–Trinajstić information content (AvgIpc) is 3.31. The van der Waals surface area contributed by atoms with Gasteiger partial charge in [-0.05, 0) is 48.6 Å². The molecule has 168 valence electrons. The van der Waals surface area contributed by atoms with Crippen LogP contribution < -0.4 is 0 Å². The predicted molar refractivity (Wildman–Crippen MR) is 126 cm³/mol. The first-order valence-corrected chi connectivity index (χ1v) is 12.8. The summed E-state index contributed by atoms with van der Waals surface area (Å²) in [6.45, 7) is 1.92. The van der Waals surface area contributed by atoms with Gasteiger partial charge in [0.25, 0.3) is 10.0 Å². The number of nitrogens with one attached hydrogen (secondary N) is 1. The molecule has 5 rings (SSSR count). The summed E-state index contributed by atoms with van der Waals surface area (Å²) in [5.74, 6) is 0.437. The van der Waals surface area contributed by atoms with Crippen LogP contribution in [0.2, 0.25) is 10.0 Å². The molecular weight excluding hydrogens is 467 g/mol. The van der Waals surface area contributed by atoms with Crippen molar-refractivity contribution in [2.24, 2.45) is 0 Å². The summed E-state index contributed by atoms with van der Waals surface area (Å²) in [4.78, 5) is 9.71. The second-order valence-electron chi connectivity index (χ2n) is 8.42. The van der Waals surface area contributed by atoms with E-state index in [1.54, 1.807) is 25.2 Å². The van der Waals surface area contributed by atoms with Gasteiger partial charge in [0.1, 0.15) is 5.82 Å². The fourth-order valence-electron chi connectivity index (χ4n) is 4.84. The van der Waals surface area contributed by atoms with Crippen molar-refractivity contribution >= 4 is 33.2 Å². The lowest BCUT2D eigenvalue weighted by Crippen LogP contribution is -2.48. The molecule has 2 aromatic carbocycles. The maximum absolute atomic E-state index is 13.4. The number of hydrogen-bond donors (Lipinski definition) is 1. The molecule has 1 aromatic heterocycles. The molecule has 2 aliphatic rings. The van der Waals surface area contributed by atoms with Crippen LogP contribution >= 0.6 is 23.2 Å². The monoisotopic (exact) mass is 490 g/mol. The van der Waals surface area contributed by atoms with E-state index in [0.29, 0.717) is 21.4 Å². The number of halogens is 2. The van der Waals surface area contributed by atoms with Crippen LogP contribution in [0.25, 0.3) is 11.4 Å². The van der Waals surface area contributed by atoms with Crippen molar-refractivity contribution in [3.05, 3.63) is 69.8 Å². The van der Waals surface area contributed by atoms with Crippen molar-refractivity contribution in [1.82, 2.24) is 19.2 Å². The van der Waals surface area contributed by atoms with Gasteiger partial charge in [0.05, 0.1) is 16.2 Å². The van der Waals surface area contributed by atoms with Crippen molar-refractivity contribution in [2.45, 2.75) is 36.4 Å². The van der Waals surface area contributed by atoms with Crippen LogP contribution in [0, 0.1) is 0 Å². The van der Waals surface area contributed by atoms with Gasteiger partial charge in [-0.1, -0.05) is 47.5 Å². The van der Waals surface area contributed by atoms with Crippen molar-refractivity contribution < 1.29 is 8.42 Å². The van der Waals surface area contributed by atoms with Gasteiger partial charge in [0.15, 0.2) is 5.03 Å². The largest absolute Gasteiger partial charge is 0.328 e. The highest BCUT2D eigenvalue weighted by Gasteiger charge is 2.38. The number of hydrogen-bond acceptors (Lipinski definition) is 4. The van der Waals surface area contributed by atoms with Crippen molar-refractivity contribution in [3.8, 4) is 11.4 Å². The standard InChI is InChI=1S/C23H24Cl2N4O2S/c1-28(17-9-11-29-10-8-15-4-2-3-5-18(15)21(29)13-17)32(30,31)22-14-26-23(27-22)16-6-7-19(24)20(25)12-16/h2-7,12,14,17,21H,8-11,13H2,1H3,(H,26,27). The highest BCUT2D eigenvalue weighted by Crippen LogP contribution is 2.38. The van der Waals surface area contributed by atoms with Crippen molar-refractivity contribution in [1.29, 1.82) is 0 Å². The Morgan fingerprint density at radius 1 is 1.12 bits per heavy atom. The molecule has 0 amide bonds. The molecule has 6 nitrogen and oxygen atoms in total. The van der Waals surface area contributed by atoms with E-state index in [4.69, 9.17) is 23.2 Å². The Hall–Kier alpha value is -1.90. The molecule has 0 bridgehead atoms. The van der Waals surface area contributed by atoms with Crippen LogP contribution in [0.15, 0.2) is 53.7 Å². The van der Waals surface area contributed by atoms with Crippen LogP contribution in [-0.2, 0) is 16.4 Å². The summed E-state index contributed by atoms with van der Waals surface area (Å²) in [7, 11) is -2.05. The molecule has 9 heteroatoms. The van der Waals surface area contributed by atoms with Crippen LogP contribution in [0.4, 0.5) is 0 Å². The van der Waals surface area contributed by atoms with Crippen LogP contribution in [0.1, 0.15) is 30.0 Å². The van der Waals surface area contributed by atoms with E-state index < -0.39 is 10.0 Å². The van der Waals surface area contributed by atoms with E-state index in [-0.39, 0.29) is 17.1 Å². The molecule has 1 N–H and O–H groups in total. The smallest absolute Gasteiger partial charge is 0.260 e. The van der Waals surface area contributed by atoms with Gasteiger partial charge in [0.2, 0.25) is 0 Å². The van der Waals surface area contributed by atoms with E-state index in [1.165, 1.54) is 21.6 Å². The lowest BCUT2D eigenvalue weighted by atomic mass is 9.85. The van der Waals surface area contributed by atoms with Gasteiger partial charge >= 0.3 is 0 Å². The third kappa shape index (κ3) is 3.86. The fraction of sp³-hybridized carbons (Fsp3) is 0.348. The summed E-state index contributed by atoms with van der Waals surface area (Å²) < 4.78 is 28.3. The molecule has 0 saturated carbocycles. The normalized spacial score (nSPS) is 21.4. The maximum atomic E-state index is 13.4. The molecule has 0 aliphatic carbocycles. The molecule has 0 spiro atoms. The molecule has 0 radical (unpaired) electrons. The summed E-state index contributed by atoms with van der Waals surface area (Å²) in [5, 5.41) is 0.902. The number of fused-ring (bicyclic) bond motifs is 3. The van der Waals surface area contributed by atoms with Gasteiger partial charge < -0.3 is 4.98 Å². The van der Waals surface area contributed by atoms with Crippen LogP contribution in [0.3, 0.4) is 0 Å². The van der Waals surface area contributed by atoms with E-state index in [9.17, 15) is 8.42 Å². The zero-order chi connectivity index (χ0) is 22.5. The first-order valence-electron chi connectivity index (χ1n) is 10.6. The topological polar surface area (TPSA) is 69.3 Å². The van der Waals surface area contributed by atoms with Gasteiger partial charge in [0, 0.05) is 37.8 Å². The van der Waals surface area contributed by atoms with Crippen molar-refractivity contribution in [3.63, 3.8) is 0 Å². The second kappa shape index (κ2) is 8.47. The number of H-pyrrole nitrogens is 1. The molecule has 2 unspecified atom stereocenters. The molecule has 2 atom stereocenters. The van der Waals surface area contributed by atoms with E-state index in [1.807, 2.05) is 0 Å². The summed E-state index contributed by atoms with van der Waals surface area (Å²) >= 11 is 12.1. The lowest BCUT2D eigenvalue weighted by molar-refractivity contribution is 0.0969. The van der Waals surface area contributed by atoms with E-state index >= 15 is 0 Å². The van der Waals surface area contributed by atoms with Gasteiger partial charge in [-0.2, -0.15) is 4.31 Å². The third-order valence-corrected chi connectivity index (χ3v) is 9.24. The van der Waals surface area contributed by atoms with Crippen LogP contribution in [-0.4, -0.2) is 53.8 Å². The minimum Gasteiger partial charge on any atom is -0.328 e. The highest BCUT2D eigenvalue weighted by molar-refractivity contribution is 7.89. The Morgan fingerprint density at radius 2 is 1.94 bits per heavy atom. The van der Waals surface area contributed by atoms with Crippen molar-refractivity contribution in [2.75, 3.05) is 20.1 Å². The number of sulfonamides is 1. The minimum atomic E-state index is -3.72. The number of aromatic nitrogens is 2. The minimum absolute atomic E-state index is 0.0764. The first-order chi connectivity index (χ1) is 15.3. The van der Waals surface area contributed by atoms with E-state index in [2.05, 4.69) is 39.1 Å². The molecule has 1 fully saturated rings. The zero-order valence-corrected chi connectivity index (χ0v) is 20.0. The van der Waals surface area contributed by atoms with Gasteiger partial charge in [-0.3, -0.25) is 4.90 Å². The molecule has 1 saturated heterocycles. The number of piperidine rings is 1. The average molecular weight is 491 g/mol. The quantitative estimate of drug-likeness (QED) is 0.571. The molecule has 3 aromatic rings. The highest BCUT2D eigenvalue weighted by atomic mass is 35.5. The summed E-state index contributed by atoms with van der Waals surface area (Å²) in [6, 6.07) is 13.8. The Balaban J connectivity index is 1.38. The zero-order valence-electron chi connectivity index (χ0n) is 17.6. The molecule has 32 heavy (non-hydrogen) atoms. The fourth-order valence-corrected chi connectivity index (χ4v) is 6.45. The molecule has 2 aliphatic heterocycles. The predicted octanol–water partition coefficient (Wildman–Crippen LogP) is 4.77. The van der Waals surface area contributed by atoms with E-state index in [0.717, 1.165) is 32.4 Å². The Morgan fingerprint density at radius 3 is 2.75 bits per heavy atom. The lowest BCUT2D eigenvalue weighted by Gasteiger charge is -2.45. The SMILES string of the molecule is CN(C1CCN2CCc3ccccc3C2C1)S(=O)(=O)c1cnc(-c2ccc(Cl)c(Cl)c2)[nH]1. The van der Waals surface area contributed by atoms with Gasteiger partial charge in [-0.15, -0.1) is 0 Å². The molecular formula is C23H24Cl2N4O2S. The van der Waals surface area contributed by atoms with Crippen LogP contribution in [0.5, 0.6) is 0 Å². The number of imidazole rings is 1. The second-order valence-corrected chi connectivity index (χ2v) is 11.2. The number of rotatable bonds is 4. The summed E-state index contributed by atoms with van der Waals surface area (Å²) in [6.07, 6.45) is 4.01. The molecule has 3 heterocycles. The third-order valence-electron chi connectivity index (χ3n) is 6.68. The van der Waals surface area contributed by atoms with Gasteiger partial charge in [-0.25, -0.2) is 13.4 Å². The number of aromatic amines is 1. The number of benzene rings is 2. The summed E-state index contributed by atoms with van der Waals surface area (Å²) in [5.41, 5.74) is 3.38. The Labute approximate surface area is 198 Å². The number of nitrogens with zero attached hydrogens (tertiary/aromatic N) is 3. The Kier molecular flexibility index (Phi) is 5.80.